The molecule has 1 atom stereocenters. The molecule has 0 radical (unpaired) electrons. The Kier molecular flexibility index (Phi) is 4.61. The highest BCUT2D eigenvalue weighted by atomic mass is 35.5. The lowest BCUT2D eigenvalue weighted by Gasteiger charge is -2.17. The van der Waals surface area contributed by atoms with Crippen LogP contribution in [0.3, 0.4) is 0 Å². The summed E-state index contributed by atoms with van der Waals surface area (Å²) < 4.78 is 0. The Balaban J connectivity index is 1.96. The first kappa shape index (κ1) is 13.4. The van der Waals surface area contributed by atoms with Gasteiger partial charge in [-0.2, -0.15) is 0 Å². The van der Waals surface area contributed by atoms with Crippen molar-refractivity contribution in [2.45, 2.75) is 32.4 Å². The second kappa shape index (κ2) is 6.21. The van der Waals surface area contributed by atoms with Gasteiger partial charge in [-0.3, -0.25) is 4.79 Å². The summed E-state index contributed by atoms with van der Waals surface area (Å²) in [5, 5.41) is 4.02. The monoisotopic (exact) mass is 266 g/mol. The predicted octanol–water partition coefficient (Wildman–Crippen LogP) is 2.44. The van der Waals surface area contributed by atoms with E-state index in [1.807, 2.05) is 29.2 Å². The molecule has 1 heterocycles. The number of halogens is 1. The van der Waals surface area contributed by atoms with Gasteiger partial charge in [0.1, 0.15) is 0 Å². The van der Waals surface area contributed by atoms with E-state index in [0.717, 1.165) is 36.5 Å². The second-order valence-corrected chi connectivity index (χ2v) is 5.05. The summed E-state index contributed by atoms with van der Waals surface area (Å²) in [6, 6.07) is 7.69. The summed E-state index contributed by atoms with van der Waals surface area (Å²) in [5.41, 5.74) is 1.02. The quantitative estimate of drug-likeness (QED) is 0.888. The van der Waals surface area contributed by atoms with Gasteiger partial charge in [0.25, 0.3) is 0 Å². The topological polar surface area (TPSA) is 32.3 Å². The van der Waals surface area contributed by atoms with Crippen LogP contribution in [0.1, 0.15) is 25.3 Å². The van der Waals surface area contributed by atoms with Crippen molar-refractivity contribution < 1.29 is 4.79 Å². The van der Waals surface area contributed by atoms with Crippen LogP contribution < -0.4 is 5.32 Å². The van der Waals surface area contributed by atoms with Gasteiger partial charge in [-0.1, -0.05) is 36.7 Å². The molecule has 3 nitrogen and oxygen atoms in total. The fourth-order valence-corrected chi connectivity index (χ4v) is 2.43. The molecule has 4 heteroatoms. The van der Waals surface area contributed by atoms with Crippen molar-refractivity contribution in [2.75, 3.05) is 13.1 Å². The van der Waals surface area contributed by atoms with E-state index in [1.165, 1.54) is 0 Å². The van der Waals surface area contributed by atoms with E-state index in [1.54, 1.807) is 0 Å². The first-order valence-electron chi connectivity index (χ1n) is 6.48. The fourth-order valence-electron chi connectivity index (χ4n) is 2.24. The van der Waals surface area contributed by atoms with Crippen LogP contribution >= 0.6 is 11.6 Å². The minimum Gasteiger partial charge on any atom is -0.337 e. The number of nitrogens with zero attached hydrogens (tertiary/aromatic N) is 1. The number of rotatable bonds is 5. The molecule has 1 aliphatic heterocycles. The highest BCUT2D eigenvalue weighted by molar-refractivity contribution is 6.31. The van der Waals surface area contributed by atoms with Crippen molar-refractivity contribution in [3.8, 4) is 0 Å². The summed E-state index contributed by atoms with van der Waals surface area (Å²) in [5.74, 6) is 0.198. The molecule has 1 aromatic rings. The number of hydrogen-bond donors (Lipinski definition) is 1. The van der Waals surface area contributed by atoms with Gasteiger partial charge < -0.3 is 10.2 Å². The van der Waals surface area contributed by atoms with Gasteiger partial charge in [0.05, 0.1) is 6.04 Å². The van der Waals surface area contributed by atoms with Gasteiger partial charge >= 0.3 is 0 Å². The zero-order valence-corrected chi connectivity index (χ0v) is 11.4. The standard InChI is InChI=1S/C14H19ClN2O/c1-2-8-16-13-7-9-17(14(13)18)10-11-5-3-4-6-12(11)15/h3-6,13,16H,2,7-10H2,1H3. The lowest BCUT2D eigenvalue weighted by atomic mass is 10.2. The largest absolute Gasteiger partial charge is 0.337 e. The maximum absolute atomic E-state index is 12.1. The SMILES string of the molecule is CCCNC1CCN(Cc2ccccc2Cl)C1=O. The molecule has 1 amide bonds. The number of benzene rings is 1. The number of likely N-dealkylation sites (tertiary alicyclic amines) is 1. The van der Waals surface area contributed by atoms with Gasteiger partial charge in [0.2, 0.25) is 5.91 Å². The summed E-state index contributed by atoms with van der Waals surface area (Å²) in [6.07, 6.45) is 1.94. The van der Waals surface area contributed by atoms with Crippen molar-refractivity contribution in [3.63, 3.8) is 0 Å². The number of carbonyl (C=O) groups excluding carboxylic acids is 1. The lowest BCUT2D eigenvalue weighted by Crippen LogP contribution is -2.38. The van der Waals surface area contributed by atoms with Crippen LogP contribution in [0, 0.1) is 0 Å². The van der Waals surface area contributed by atoms with Crippen LogP contribution in [0.15, 0.2) is 24.3 Å². The molecule has 0 aromatic heterocycles. The molecule has 18 heavy (non-hydrogen) atoms. The molecule has 0 aliphatic carbocycles. The summed E-state index contributed by atoms with van der Waals surface area (Å²) in [4.78, 5) is 14.0. The Hall–Kier alpha value is -1.06. The van der Waals surface area contributed by atoms with Crippen molar-refractivity contribution in [3.05, 3.63) is 34.9 Å². The molecule has 0 spiro atoms. The highest BCUT2D eigenvalue weighted by Gasteiger charge is 2.30. The third kappa shape index (κ3) is 3.03. The van der Waals surface area contributed by atoms with Crippen molar-refractivity contribution >= 4 is 17.5 Å². The maximum atomic E-state index is 12.1. The smallest absolute Gasteiger partial charge is 0.240 e. The average Bonchev–Trinajstić information content (AvgIpc) is 2.71. The number of hydrogen-bond acceptors (Lipinski definition) is 2. The van der Waals surface area contributed by atoms with E-state index in [2.05, 4.69) is 12.2 Å². The average molecular weight is 267 g/mol. The van der Waals surface area contributed by atoms with Crippen LogP contribution in [0.2, 0.25) is 5.02 Å². The molecule has 1 N–H and O–H groups in total. The number of nitrogens with one attached hydrogen (secondary N) is 1. The lowest BCUT2D eigenvalue weighted by molar-refractivity contribution is -0.129. The van der Waals surface area contributed by atoms with Crippen molar-refractivity contribution in [2.24, 2.45) is 0 Å². The van der Waals surface area contributed by atoms with E-state index in [4.69, 9.17) is 11.6 Å². The molecule has 1 unspecified atom stereocenters. The molecule has 1 fully saturated rings. The van der Waals surface area contributed by atoms with Crippen molar-refractivity contribution in [1.29, 1.82) is 0 Å². The van der Waals surface area contributed by atoms with E-state index in [0.29, 0.717) is 6.54 Å². The normalized spacial score (nSPS) is 19.6. The van der Waals surface area contributed by atoms with E-state index in [9.17, 15) is 4.79 Å². The number of carbonyl (C=O) groups is 1. The molecule has 2 rings (SSSR count). The van der Waals surface area contributed by atoms with E-state index < -0.39 is 0 Å². The third-order valence-electron chi connectivity index (χ3n) is 3.26. The zero-order valence-electron chi connectivity index (χ0n) is 10.7. The molecule has 0 bridgehead atoms. The molecule has 1 saturated heterocycles. The van der Waals surface area contributed by atoms with Gasteiger partial charge in [-0.05, 0) is 31.0 Å². The summed E-state index contributed by atoms with van der Waals surface area (Å²) in [6.45, 7) is 4.43. The van der Waals surface area contributed by atoms with Crippen LogP contribution in [0.5, 0.6) is 0 Å². The molecule has 1 aromatic carbocycles. The first-order chi connectivity index (χ1) is 8.72. The molecule has 0 saturated carbocycles. The predicted molar refractivity (Wildman–Crippen MR) is 73.6 cm³/mol. The van der Waals surface area contributed by atoms with Crippen LogP contribution in [0.25, 0.3) is 0 Å². The maximum Gasteiger partial charge on any atom is 0.240 e. The Bertz CT molecular complexity index is 422. The van der Waals surface area contributed by atoms with Crippen molar-refractivity contribution in [1.82, 2.24) is 10.2 Å². The van der Waals surface area contributed by atoms with Gasteiger partial charge in [0.15, 0.2) is 0 Å². The van der Waals surface area contributed by atoms with Crippen LogP contribution in [-0.4, -0.2) is 29.9 Å². The van der Waals surface area contributed by atoms with E-state index >= 15 is 0 Å². The highest BCUT2D eigenvalue weighted by Crippen LogP contribution is 2.20. The zero-order chi connectivity index (χ0) is 13.0. The fraction of sp³-hybridized carbons (Fsp3) is 0.500. The molecule has 1 aliphatic rings. The molecular weight excluding hydrogens is 248 g/mol. The van der Waals surface area contributed by atoms with E-state index in [-0.39, 0.29) is 11.9 Å². The van der Waals surface area contributed by atoms with Gasteiger partial charge in [-0.15, -0.1) is 0 Å². The molecule has 98 valence electrons. The minimum atomic E-state index is -0.00700. The van der Waals surface area contributed by atoms with Crippen LogP contribution in [-0.2, 0) is 11.3 Å². The first-order valence-corrected chi connectivity index (χ1v) is 6.85. The third-order valence-corrected chi connectivity index (χ3v) is 3.63. The molecular formula is C14H19ClN2O. The number of amides is 1. The second-order valence-electron chi connectivity index (χ2n) is 4.65. The Morgan fingerprint density at radius 1 is 1.44 bits per heavy atom. The summed E-state index contributed by atoms with van der Waals surface area (Å²) in [7, 11) is 0. The van der Waals surface area contributed by atoms with Gasteiger partial charge in [-0.25, -0.2) is 0 Å². The Labute approximate surface area is 113 Å². The Morgan fingerprint density at radius 3 is 2.94 bits per heavy atom. The Morgan fingerprint density at radius 2 is 2.22 bits per heavy atom. The minimum absolute atomic E-state index is 0.00700. The van der Waals surface area contributed by atoms with Crippen LogP contribution in [0.4, 0.5) is 0 Å². The summed E-state index contributed by atoms with van der Waals surface area (Å²) >= 11 is 6.12. The van der Waals surface area contributed by atoms with Gasteiger partial charge in [0, 0.05) is 18.1 Å².